The normalized spacial score (nSPS) is 12.1. The van der Waals surface area contributed by atoms with E-state index in [1.165, 1.54) is 0 Å². The van der Waals surface area contributed by atoms with Crippen LogP contribution in [0.4, 0.5) is 17.3 Å². The molecule has 88 valence electrons. The molecule has 0 unspecified atom stereocenters. The SMILES string of the molecule is C/C=C/COc1cc([B-](F)(F)F)ccc1F. The van der Waals surface area contributed by atoms with Gasteiger partial charge in [0.2, 0.25) is 0 Å². The third-order valence-electron chi connectivity index (χ3n) is 1.90. The Bertz CT molecular complexity index is 387. The Kier molecular flexibility index (Phi) is 3.98. The van der Waals surface area contributed by atoms with Crippen molar-refractivity contribution < 1.29 is 22.1 Å². The fourth-order valence-corrected chi connectivity index (χ4v) is 1.07. The highest BCUT2D eigenvalue weighted by Crippen LogP contribution is 2.18. The van der Waals surface area contributed by atoms with E-state index in [9.17, 15) is 17.3 Å². The topological polar surface area (TPSA) is 9.23 Å². The monoisotopic (exact) mass is 233 g/mol. The molecule has 1 aromatic carbocycles. The van der Waals surface area contributed by atoms with Gasteiger partial charge < -0.3 is 17.7 Å². The minimum Gasteiger partial charge on any atom is -0.487 e. The van der Waals surface area contributed by atoms with E-state index in [-0.39, 0.29) is 12.4 Å². The molecule has 0 bridgehead atoms. The molecule has 0 aliphatic rings. The van der Waals surface area contributed by atoms with Gasteiger partial charge in [-0.05, 0) is 19.1 Å². The van der Waals surface area contributed by atoms with Crippen LogP contribution < -0.4 is 10.2 Å². The van der Waals surface area contributed by atoms with E-state index in [0.717, 1.165) is 6.07 Å². The Balaban J connectivity index is 2.91. The summed E-state index contributed by atoms with van der Waals surface area (Å²) in [6.45, 7) is -3.35. The lowest BCUT2D eigenvalue weighted by molar-refractivity contribution is 0.341. The number of halogens is 4. The van der Waals surface area contributed by atoms with Crippen LogP contribution in [0.2, 0.25) is 0 Å². The number of hydrogen-bond acceptors (Lipinski definition) is 1. The van der Waals surface area contributed by atoms with Gasteiger partial charge in [0.15, 0.2) is 11.6 Å². The van der Waals surface area contributed by atoms with Gasteiger partial charge in [-0.2, -0.15) is 0 Å². The van der Waals surface area contributed by atoms with Gasteiger partial charge in [-0.25, -0.2) is 4.39 Å². The van der Waals surface area contributed by atoms with Crippen LogP contribution >= 0.6 is 0 Å². The average molecular weight is 233 g/mol. The predicted molar refractivity (Wildman–Crippen MR) is 55.4 cm³/mol. The first kappa shape index (κ1) is 12.6. The highest BCUT2D eigenvalue weighted by molar-refractivity contribution is 6.73. The summed E-state index contributed by atoms with van der Waals surface area (Å²) in [6.07, 6.45) is 3.24. The summed E-state index contributed by atoms with van der Waals surface area (Å²) in [6, 6.07) is 2.15. The Morgan fingerprint density at radius 1 is 1.31 bits per heavy atom. The molecular formula is C10H10BF4O-. The highest BCUT2D eigenvalue weighted by atomic mass is 19.4. The third-order valence-corrected chi connectivity index (χ3v) is 1.90. The molecule has 16 heavy (non-hydrogen) atoms. The van der Waals surface area contributed by atoms with Crippen molar-refractivity contribution in [2.45, 2.75) is 6.92 Å². The fraction of sp³-hybridized carbons (Fsp3) is 0.200. The average Bonchev–Trinajstić information content (AvgIpc) is 2.19. The standard InChI is InChI=1S/C10H10BF4O/c1-2-3-6-16-10-7-8(11(13,14)15)4-5-9(10)12/h2-5,7H,6H2,1H3/q-1/b3-2+. The summed E-state index contributed by atoms with van der Waals surface area (Å²) >= 11 is 0. The van der Waals surface area contributed by atoms with Crippen molar-refractivity contribution in [3.8, 4) is 5.75 Å². The zero-order valence-electron chi connectivity index (χ0n) is 8.59. The molecule has 1 aromatic rings. The largest absolute Gasteiger partial charge is 0.509 e. The molecule has 0 aliphatic carbocycles. The number of hydrogen-bond donors (Lipinski definition) is 0. The molecule has 0 radical (unpaired) electrons. The summed E-state index contributed by atoms with van der Waals surface area (Å²) in [5.74, 6) is -1.18. The molecule has 0 saturated heterocycles. The van der Waals surface area contributed by atoms with Crippen LogP contribution in [0.25, 0.3) is 0 Å². The third kappa shape index (κ3) is 3.29. The van der Waals surface area contributed by atoms with Gasteiger partial charge in [-0.1, -0.05) is 18.2 Å². The molecule has 0 fully saturated rings. The van der Waals surface area contributed by atoms with Crippen molar-refractivity contribution in [3.05, 3.63) is 36.2 Å². The Labute approximate surface area is 90.8 Å². The second-order valence-corrected chi connectivity index (χ2v) is 3.14. The molecule has 0 atom stereocenters. The van der Waals surface area contributed by atoms with Crippen molar-refractivity contribution in [1.29, 1.82) is 0 Å². The zero-order chi connectivity index (χ0) is 12.2. The van der Waals surface area contributed by atoms with E-state index in [1.54, 1.807) is 19.1 Å². The van der Waals surface area contributed by atoms with Crippen molar-refractivity contribution in [1.82, 2.24) is 0 Å². The molecule has 1 nitrogen and oxygen atoms in total. The maximum absolute atomic E-state index is 13.1. The van der Waals surface area contributed by atoms with Crippen LogP contribution in [0, 0.1) is 5.82 Å². The van der Waals surface area contributed by atoms with Crippen LogP contribution in [0.3, 0.4) is 0 Å². The summed E-state index contributed by atoms with van der Waals surface area (Å²) in [7, 11) is 0. The molecular weight excluding hydrogens is 223 g/mol. The van der Waals surface area contributed by atoms with Gasteiger partial charge in [0, 0.05) is 0 Å². The second-order valence-electron chi connectivity index (χ2n) is 3.14. The van der Waals surface area contributed by atoms with Gasteiger partial charge >= 0.3 is 6.98 Å². The minimum absolute atomic E-state index is 0.0434. The first-order valence-electron chi connectivity index (χ1n) is 4.68. The van der Waals surface area contributed by atoms with E-state index < -0.39 is 18.3 Å². The first-order chi connectivity index (χ1) is 7.45. The quantitative estimate of drug-likeness (QED) is 0.441. The molecule has 6 heteroatoms. The number of allylic oxidation sites excluding steroid dienone is 1. The van der Waals surface area contributed by atoms with E-state index in [0.29, 0.717) is 12.1 Å². The number of ether oxygens (including phenoxy) is 1. The zero-order valence-corrected chi connectivity index (χ0v) is 8.59. The number of rotatable bonds is 4. The Morgan fingerprint density at radius 3 is 2.56 bits per heavy atom. The van der Waals surface area contributed by atoms with Gasteiger partial charge in [0.25, 0.3) is 0 Å². The van der Waals surface area contributed by atoms with Crippen molar-refractivity contribution in [2.24, 2.45) is 0 Å². The van der Waals surface area contributed by atoms with Crippen molar-refractivity contribution in [3.63, 3.8) is 0 Å². The van der Waals surface area contributed by atoms with Gasteiger partial charge in [0.05, 0.1) is 0 Å². The maximum Gasteiger partial charge on any atom is 0.509 e. The Morgan fingerprint density at radius 2 is 2.00 bits per heavy atom. The summed E-state index contributed by atoms with van der Waals surface area (Å²) in [5.41, 5.74) is -0.864. The van der Waals surface area contributed by atoms with Gasteiger partial charge in [0.1, 0.15) is 6.61 Å². The van der Waals surface area contributed by atoms with E-state index >= 15 is 0 Å². The van der Waals surface area contributed by atoms with Crippen LogP contribution in [0.5, 0.6) is 5.75 Å². The molecule has 0 aromatic heterocycles. The first-order valence-corrected chi connectivity index (χ1v) is 4.68. The maximum atomic E-state index is 13.1. The van der Waals surface area contributed by atoms with E-state index in [4.69, 9.17) is 4.74 Å². The molecule has 0 saturated carbocycles. The van der Waals surface area contributed by atoms with Crippen LogP contribution in [0.1, 0.15) is 6.92 Å². The molecule has 0 amide bonds. The fourth-order valence-electron chi connectivity index (χ4n) is 1.07. The smallest absolute Gasteiger partial charge is 0.487 e. The van der Waals surface area contributed by atoms with Crippen LogP contribution in [-0.2, 0) is 0 Å². The van der Waals surface area contributed by atoms with E-state index in [1.807, 2.05) is 0 Å². The van der Waals surface area contributed by atoms with Gasteiger partial charge in [-0.3, -0.25) is 0 Å². The predicted octanol–water partition coefficient (Wildman–Crippen LogP) is 2.84. The van der Waals surface area contributed by atoms with Crippen molar-refractivity contribution in [2.75, 3.05) is 6.61 Å². The summed E-state index contributed by atoms with van der Waals surface area (Å²) in [5, 5.41) is 0. The van der Waals surface area contributed by atoms with Gasteiger partial charge in [-0.15, -0.1) is 5.46 Å². The highest BCUT2D eigenvalue weighted by Gasteiger charge is 2.26. The summed E-state index contributed by atoms with van der Waals surface area (Å²) < 4.78 is 55.0. The molecule has 1 rings (SSSR count). The summed E-state index contributed by atoms with van der Waals surface area (Å²) in [4.78, 5) is 0. The molecule has 0 N–H and O–H groups in total. The lowest BCUT2D eigenvalue weighted by Crippen LogP contribution is -2.34. The minimum atomic E-state index is -5.13. The lowest BCUT2D eigenvalue weighted by atomic mass is 9.80. The Hall–Kier alpha value is -1.46. The molecule has 0 heterocycles. The molecule has 0 spiro atoms. The second kappa shape index (κ2) is 5.05. The number of benzene rings is 1. The lowest BCUT2D eigenvalue weighted by Gasteiger charge is -2.16. The van der Waals surface area contributed by atoms with Crippen molar-refractivity contribution >= 4 is 12.4 Å². The van der Waals surface area contributed by atoms with Crippen LogP contribution in [-0.4, -0.2) is 13.6 Å². The van der Waals surface area contributed by atoms with Crippen LogP contribution in [0.15, 0.2) is 30.4 Å². The van der Waals surface area contributed by atoms with E-state index in [2.05, 4.69) is 0 Å². The molecule has 0 aliphatic heterocycles.